The van der Waals surface area contributed by atoms with E-state index in [4.69, 9.17) is 0 Å². The molecule has 0 aliphatic rings. The monoisotopic (exact) mass is 499 g/mol. The van der Waals surface area contributed by atoms with Gasteiger partial charge in [0.15, 0.2) is 0 Å². The molecule has 186 valence electrons. The molecule has 0 aliphatic carbocycles. The minimum Gasteiger partial charge on any atom is -0.263 e. The first-order chi connectivity index (χ1) is 13.2. The van der Waals surface area contributed by atoms with Gasteiger partial charge in [-0.2, -0.15) is 71.3 Å². The van der Waals surface area contributed by atoms with E-state index in [0.717, 1.165) is 26.3 Å². The zero-order chi connectivity index (χ0) is 25.7. The third-order valence-corrected chi connectivity index (χ3v) is 4.38. The molecule has 0 aromatic heterocycles. The molecule has 0 spiro atoms. The molecule has 31 heavy (non-hydrogen) atoms. The van der Waals surface area contributed by atoms with Gasteiger partial charge in [0.25, 0.3) is 0 Å². The normalized spacial score (nSPS) is 15.8. The first-order valence-electron chi connectivity index (χ1n) is 7.76. The largest absolute Gasteiger partial charge is 0.460 e. The highest BCUT2D eigenvalue weighted by atomic mass is 19.4. The summed E-state index contributed by atoms with van der Waals surface area (Å²) >= 11 is 0. The van der Waals surface area contributed by atoms with Gasteiger partial charge < -0.3 is 0 Å². The first kappa shape index (κ1) is 29.4. The number of hydrogen-bond donors (Lipinski definition) is 1. The Balaban J connectivity index is 6.53. The fraction of sp³-hybridized carbons (Fsp3) is 0.923. The lowest BCUT2D eigenvalue weighted by Gasteiger charge is -2.41. The lowest BCUT2D eigenvalue weighted by atomic mass is 9.91. The Hall–Kier alpha value is -1.62. The molecule has 0 unspecified atom stereocenters. The van der Waals surface area contributed by atoms with Crippen molar-refractivity contribution in [2.75, 3.05) is 20.1 Å². The second kappa shape index (κ2) is 7.75. The fourth-order valence-corrected chi connectivity index (χ4v) is 1.81. The van der Waals surface area contributed by atoms with Gasteiger partial charge in [0, 0.05) is 0 Å². The van der Waals surface area contributed by atoms with Crippen LogP contribution >= 0.6 is 0 Å². The first-order valence-corrected chi connectivity index (χ1v) is 7.76. The van der Waals surface area contributed by atoms with Gasteiger partial charge in [0.1, 0.15) is 0 Å². The van der Waals surface area contributed by atoms with Crippen LogP contribution < -0.4 is 5.43 Å². The zero-order valence-electron chi connectivity index (χ0n) is 15.4. The SMILES string of the molecule is CC[N+](C)(CC)NC(=O)C(F)(F)C(F)(F)C(F)(F)C(F)(F)C(F)(F)C(F)(F)C(F)(F)F. The zero-order valence-corrected chi connectivity index (χ0v) is 15.4. The van der Waals surface area contributed by atoms with Crippen LogP contribution in [0.5, 0.6) is 0 Å². The number of carbonyl (C=O) groups is 1. The molecular formula is C13H14F15N2O+. The van der Waals surface area contributed by atoms with Gasteiger partial charge in [-0.25, -0.2) is 4.59 Å². The van der Waals surface area contributed by atoms with Gasteiger partial charge in [-0.05, 0) is 13.8 Å². The second-order valence-electron chi connectivity index (χ2n) is 6.41. The lowest BCUT2D eigenvalue weighted by Crippen LogP contribution is -2.74. The predicted octanol–water partition coefficient (Wildman–Crippen LogP) is 4.88. The summed E-state index contributed by atoms with van der Waals surface area (Å²) in [6, 6.07) is 0. The summed E-state index contributed by atoms with van der Waals surface area (Å²) in [6.07, 6.45) is -7.67. The molecular weight excluding hydrogens is 485 g/mol. The maximum atomic E-state index is 13.7. The van der Waals surface area contributed by atoms with Crippen molar-refractivity contribution >= 4 is 5.91 Å². The number of hydrogen-bond acceptors (Lipinski definition) is 1. The number of nitrogens with zero attached hydrogens (tertiary/aromatic N) is 1. The topological polar surface area (TPSA) is 29.1 Å². The number of rotatable bonds is 9. The third kappa shape index (κ3) is 4.10. The molecule has 0 saturated carbocycles. The number of nitrogens with one attached hydrogen (secondary N) is 1. The molecule has 0 aliphatic heterocycles. The minimum atomic E-state index is -8.42. The van der Waals surface area contributed by atoms with Gasteiger partial charge in [-0.1, -0.05) is 0 Å². The van der Waals surface area contributed by atoms with E-state index in [9.17, 15) is 70.7 Å². The van der Waals surface area contributed by atoms with Crippen molar-refractivity contribution in [2.24, 2.45) is 0 Å². The highest BCUT2D eigenvalue weighted by molar-refractivity contribution is 5.83. The summed E-state index contributed by atoms with van der Waals surface area (Å²) in [6.45, 7) is 1.52. The van der Waals surface area contributed by atoms with Crippen molar-refractivity contribution < 1.29 is 75.2 Å². The summed E-state index contributed by atoms with van der Waals surface area (Å²) in [5, 5.41) is 0. The molecule has 1 N–H and O–H groups in total. The summed E-state index contributed by atoms with van der Waals surface area (Å²) in [4.78, 5) is 11.4. The van der Waals surface area contributed by atoms with Crippen molar-refractivity contribution in [3.05, 3.63) is 0 Å². The van der Waals surface area contributed by atoms with Crippen LogP contribution in [-0.2, 0) is 4.79 Å². The van der Waals surface area contributed by atoms with E-state index < -0.39 is 52.2 Å². The predicted molar refractivity (Wildman–Crippen MR) is 71.1 cm³/mol. The number of amides is 1. The molecule has 3 nitrogen and oxygen atoms in total. The van der Waals surface area contributed by atoms with E-state index in [0.29, 0.717) is 0 Å². The second-order valence-corrected chi connectivity index (χ2v) is 6.41. The molecule has 0 radical (unpaired) electrons. The quantitative estimate of drug-likeness (QED) is 0.274. The summed E-state index contributed by atoms with van der Waals surface area (Å²) in [5.74, 6) is -51.3. The highest BCUT2D eigenvalue weighted by Gasteiger charge is 2.94. The number of halogens is 15. The molecule has 0 aromatic rings. The van der Waals surface area contributed by atoms with Gasteiger partial charge in [0.2, 0.25) is 0 Å². The van der Waals surface area contributed by atoms with Crippen LogP contribution in [0, 0.1) is 0 Å². The molecule has 0 atom stereocenters. The maximum absolute atomic E-state index is 13.7. The van der Waals surface area contributed by atoms with Crippen LogP contribution in [0.1, 0.15) is 13.8 Å². The van der Waals surface area contributed by atoms with E-state index in [-0.39, 0.29) is 13.1 Å². The molecule has 0 heterocycles. The Labute approximate surface area is 163 Å². The Morgan fingerprint density at radius 3 is 1.19 bits per heavy atom. The lowest BCUT2D eigenvalue weighted by molar-refractivity contribution is -0.940. The van der Waals surface area contributed by atoms with Crippen LogP contribution in [-0.4, -0.2) is 72.3 Å². The van der Waals surface area contributed by atoms with E-state index in [2.05, 4.69) is 0 Å². The van der Waals surface area contributed by atoms with E-state index in [1.54, 1.807) is 0 Å². The van der Waals surface area contributed by atoms with Crippen molar-refractivity contribution in [1.82, 2.24) is 5.43 Å². The molecule has 0 fully saturated rings. The Morgan fingerprint density at radius 1 is 0.613 bits per heavy atom. The molecule has 0 saturated heterocycles. The van der Waals surface area contributed by atoms with Crippen LogP contribution in [0.25, 0.3) is 0 Å². The summed E-state index contributed by atoms with van der Waals surface area (Å²) in [7, 11) is 0.844. The van der Waals surface area contributed by atoms with Gasteiger partial charge >= 0.3 is 47.6 Å². The van der Waals surface area contributed by atoms with Gasteiger partial charge in [0.05, 0.1) is 20.1 Å². The summed E-state index contributed by atoms with van der Waals surface area (Å²) < 4.78 is 195. The van der Waals surface area contributed by atoms with Gasteiger partial charge in [-0.3, -0.25) is 4.79 Å². The number of quaternary nitrogens is 1. The smallest absolute Gasteiger partial charge is 0.263 e. The Kier molecular flexibility index (Phi) is 7.35. The van der Waals surface area contributed by atoms with Crippen molar-refractivity contribution in [1.29, 1.82) is 0 Å². The van der Waals surface area contributed by atoms with Gasteiger partial charge in [-0.15, -0.1) is 0 Å². The van der Waals surface area contributed by atoms with Crippen LogP contribution in [0.3, 0.4) is 0 Å². The van der Waals surface area contributed by atoms with Crippen LogP contribution in [0.4, 0.5) is 65.9 Å². The van der Waals surface area contributed by atoms with E-state index >= 15 is 0 Å². The van der Waals surface area contributed by atoms with Crippen LogP contribution in [0.2, 0.25) is 0 Å². The number of alkyl halides is 15. The Morgan fingerprint density at radius 2 is 0.903 bits per heavy atom. The highest BCUT2D eigenvalue weighted by Crippen LogP contribution is 2.62. The van der Waals surface area contributed by atoms with E-state index in [1.165, 1.54) is 0 Å². The molecule has 0 rings (SSSR count). The maximum Gasteiger partial charge on any atom is 0.460 e. The van der Waals surface area contributed by atoms with Crippen molar-refractivity contribution in [3.63, 3.8) is 0 Å². The molecule has 0 aromatic carbocycles. The van der Waals surface area contributed by atoms with Crippen molar-refractivity contribution in [2.45, 2.75) is 55.6 Å². The Bertz CT molecular complexity index is 666. The summed E-state index contributed by atoms with van der Waals surface area (Å²) in [5.41, 5.74) is 1.03. The third-order valence-electron chi connectivity index (χ3n) is 4.38. The fourth-order valence-electron chi connectivity index (χ4n) is 1.81. The standard InChI is InChI=1S/C13H13F15N2O/c1-4-30(3,5-2)29-6(31)7(14,15)8(16,17)9(18,19)10(20,21)11(22,23)12(24,25)13(26,27)28/h4-5H2,1-3H3/p+1. The molecule has 0 bridgehead atoms. The average Bonchev–Trinajstić information content (AvgIpc) is 2.59. The minimum absolute atomic E-state index is 0.383. The number of carbonyl (C=O) groups excluding carboxylic acids is 1. The molecule has 18 heteroatoms. The van der Waals surface area contributed by atoms with Crippen LogP contribution in [0.15, 0.2) is 0 Å². The average molecular weight is 499 g/mol. The molecule has 1 amide bonds. The van der Waals surface area contributed by atoms with Crippen molar-refractivity contribution in [3.8, 4) is 0 Å². The van der Waals surface area contributed by atoms with E-state index in [1.807, 2.05) is 0 Å².